The smallest absolute Gasteiger partial charge is 0.224 e. The molecule has 126 valence electrons. The highest BCUT2D eigenvalue weighted by molar-refractivity contribution is 5.94. The number of nitrogens with one attached hydrogen (secondary N) is 1. The van der Waals surface area contributed by atoms with Crippen LogP contribution in [-0.2, 0) is 4.79 Å². The Morgan fingerprint density at radius 1 is 1.27 bits per heavy atom. The average molecular weight is 348 g/mol. The molecule has 1 aromatic rings. The lowest BCUT2D eigenvalue weighted by molar-refractivity contribution is -0.116. The van der Waals surface area contributed by atoms with Crippen LogP contribution in [0, 0.1) is 0 Å². The fourth-order valence-electron chi connectivity index (χ4n) is 2.85. The summed E-state index contributed by atoms with van der Waals surface area (Å²) in [4.78, 5) is 14.2. The van der Waals surface area contributed by atoms with Crippen molar-refractivity contribution in [1.29, 1.82) is 0 Å². The second-order valence-electron chi connectivity index (χ2n) is 5.51. The van der Waals surface area contributed by atoms with Crippen LogP contribution in [0.3, 0.4) is 0 Å². The van der Waals surface area contributed by atoms with Crippen molar-refractivity contribution in [2.45, 2.75) is 44.6 Å². The number of rotatable bonds is 6. The van der Waals surface area contributed by atoms with Gasteiger partial charge in [0.25, 0.3) is 0 Å². The van der Waals surface area contributed by atoms with Gasteiger partial charge in [-0.05, 0) is 37.9 Å². The quantitative estimate of drug-likeness (QED) is 0.826. The van der Waals surface area contributed by atoms with Gasteiger partial charge in [-0.3, -0.25) is 4.79 Å². The molecular weight excluding hydrogens is 321 g/mol. The molecule has 0 heterocycles. The molecule has 2 rings (SSSR count). The van der Waals surface area contributed by atoms with E-state index >= 15 is 0 Å². The van der Waals surface area contributed by atoms with Crippen molar-refractivity contribution >= 4 is 42.1 Å². The van der Waals surface area contributed by atoms with E-state index in [-0.39, 0.29) is 30.7 Å². The maximum atomic E-state index is 11.9. The van der Waals surface area contributed by atoms with Crippen molar-refractivity contribution in [3.05, 3.63) is 24.3 Å². The third kappa shape index (κ3) is 5.67. The van der Waals surface area contributed by atoms with E-state index in [1.54, 1.807) is 0 Å². The maximum Gasteiger partial charge on any atom is 0.224 e. The molecule has 0 atom stereocenters. The van der Waals surface area contributed by atoms with Crippen LogP contribution in [-0.4, -0.2) is 25.5 Å². The second-order valence-corrected chi connectivity index (χ2v) is 5.51. The molecule has 1 aliphatic carbocycles. The minimum atomic E-state index is 0. The van der Waals surface area contributed by atoms with Crippen LogP contribution in [0.15, 0.2) is 24.3 Å². The van der Waals surface area contributed by atoms with Crippen LogP contribution in [0.2, 0.25) is 0 Å². The summed E-state index contributed by atoms with van der Waals surface area (Å²) in [5, 5.41) is 3.01. The van der Waals surface area contributed by atoms with Gasteiger partial charge in [0, 0.05) is 19.5 Å². The van der Waals surface area contributed by atoms with Crippen LogP contribution in [0.4, 0.5) is 11.4 Å². The van der Waals surface area contributed by atoms with Crippen LogP contribution in [0.5, 0.6) is 0 Å². The van der Waals surface area contributed by atoms with E-state index in [4.69, 9.17) is 5.73 Å². The standard InChI is InChI=1S/C16H25N3O.2ClH/c1-19(13-7-2-3-8-13)15-10-5-4-9-14(15)18-16(20)11-6-12-17;;/h4-5,9-10,13H,2-3,6-8,11-12,17H2,1H3,(H,18,20);2*1H. The molecule has 3 N–H and O–H groups in total. The predicted molar refractivity (Wildman–Crippen MR) is 98.5 cm³/mol. The molecule has 1 aliphatic rings. The third-order valence-corrected chi connectivity index (χ3v) is 4.04. The van der Waals surface area contributed by atoms with Crippen molar-refractivity contribution in [3.8, 4) is 0 Å². The number of hydrogen-bond acceptors (Lipinski definition) is 3. The van der Waals surface area contributed by atoms with Gasteiger partial charge in [-0.2, -0.15) is 0 Å². The van der Waals surface area contributed by atoms with Gasteiger partial charge in [-0.25, -0.2) is 0 Å². The molecule has 0 aromatic heterocycles. The summed E-state index contributed by atoms with van der Waals surface area (Å²) < 4.78 is 0. The molecule has 0 saturated heterocycles. The molecular formula is C16H27Cl2N3O. The van der Waals surface area contributed by atoms with Crippen molar-refractivity contribution < 1.29 is 4.79 Å². The van der Waals surface area contributed by atoms with Crippen molar-refractivity contribution in [1.82, 2.24) is 0 Å². The van der Waals surface area contributed by atoms with Gasteiger partial charge in [0.15, 0.2) is 0 Å². The topological polar surface area (TPSA) is 58.4 Å². The number of hydrogen-bond donors (Lipinski definition) is 2. The number of nitrogens with two attached hydrogens (primary N) is 1. The molecule has 1 amide bonds. The lowest BCUT2D eigenvalue weighted by atomic mass is 10.1. The number of para-hydroxylation sites is 2. The molecule has 1 fully saturated rings. The van der Waals surface area contributed by atoms with E-state index in [9.17, 15) is 4.79 Å². The van der Waals surface area contributed by atoms with Crippen LogP contribution in [0.25, 0.3) is 0 Å². The molecule has 4 nitrogen and oxygen atoms in total. The monoisotopic (exact) mass is 347 g/mol. The van der Waals surface area contributed by atoms with Gasteiger partial charge in [0.1, 0.15) is 0 Å². The van der Waals surface area contributed by atoms with Crippen LogP contribution < -0.4 is 16.0 Å². The maximum absolute atomic E-state index is 11.9. The van der Waals surface area contributed by atoms with Gasteiger partial charge in [0.05, 0.1) is 11.4 Å². The predicted octanol–water partition coefficient (Wildman–Crippen LogP) is 3.59. The highest BCUT2D eigenvalue weighted by Crippen LogP contribution is 2.31. The fraction of sp³-hybridized carbons (Fsp3) is 0.562. The van der Waals surface area contributed by atoms with Crippen molar-refractivity contribution in [2.75, 3.05) is 23.8 Å². The lowest BCUT2D eigenvalue weighted by Crippen LogP contribution is -2.29. The SMILES string of the molecule is CN(c1ccccc1NC(=O)CCCN)C1CCCC1.Cl.Cl. The molecule has 0 unspecified atom stereocenters. The second kappa shape index (κ2) is 10.7. The van der Waals surface area contributed by atoms with E-state index < -0.39 is 0 Å². The molecule has 0 spiro atoms. The fourth-order valence-corrected chi connectivity index (χ4v) is 2.85. The minimum Gasteiger partial charge on any atom is -0.370 e. The van der Waals surface area contributed by atoms with E-state index in [0.717, 1.165) is 17.8 Å². The normalized spacial score (nSPS) is 13.9. The highest BCUT2D eigenvalue weighted by atomic mass is 35.5. The third-order valence-electron chi connectivity index (χ3n) is 4.04. The Morgan fingerprint density at radius 3 is 2.55 bits per heavy atom. The molecule has 6 heteroatoms. The Balaban J connectivity index is 0.00000220. The number of halogens is 2. The first-order chi connectivity index (χ1) is 9.72. The van der Waals surface area contributed by atoms with E-state index in [0.29, 0.717) is 19.0 Å². The summed E-state index contributed by atoms with van der Waals surface area (Å²) in [6.45, 7) is 0.553. The number of nitrogens with zero attached hydrogens (tertiary/aromatic N) is 1. The summed E-state index contributed by atoms with van der Waals surface area (Å²) in [7, 11) is 2.13. The first kappa shape index (κ1) is 21.0. The number of carbonyl (C=O) groups excluding carboxylic acids is 1. The average Bonchev–Trinajstić information content (AvgIpc) is 2.99. The summed E-state index contributed by atoms with van der Waals surface area (Å²) in [5.41, 5.74) is 7.46. The van der Waals surface area contributed by atoms with Gasteiger partial charge in [-0.15, -0.1) is 24.8 Å². The first-order valence-corrected chi connectivity index (χ1v) is 7.54. The number of anilines is 2. The zero-order valence-electron chi connectivity index (χ0n) is 13.1. The molecule has 1 saturated carbocycles. The molecule has 0 radical (unpaired) electrons. The number of amides is 1. The number of carbonyl (C=O) groups is 1. The van der Waals surface area contributed by atoms with E-state index in [1.165, 1.54) is 25.7 Å². The van der Waals surface area contributed by atoms with Crippen LogP contribution in [0.1, 0.15) is 38.5 Å². The van der Waals surface area contributed by atoms with Gasteiger partial charge in [0.2, 0.25) is 5.91 Å². The van der Waals surface area contributed by atoms with Gasteiger partial charge < -0.3 is 16.0 Å². The zero-order valence-corrected chi connectivity index (χ0v) is 14.7. The van der Waals surface area contributed by atoms with E-state index in [1.807, 2.05) is 18.2 Å². The van der Waals surface area contributed by atoms with E-state index in [2.05, 4.69) is 23.3 Å². The number of benzene rings is 1. The Morgan fingerprint density at radius 2 is 1.91 bits per heavy atom. The lowest BCUT2D eigenvalue weighted by Gasteiger charge is -2.28. The first-order valence-electron chi connectivity index (χ1n) is 7.54. The molecule has 0 bridgehead atoms. The summed E-state index contributed by atoms with van der Waals surface area (Å²) in [6.07, 6.45) is 6.31. The minimum absolute atomic E-state index is 0. The molecule has 0 aliphatic heterocycles. The Kier molecular flexibility index (Phi) is 10.2. The Labute approximate surface area is 145 Å². The van der Waals surface area contributed by atoms with Crippen LogP contribution >= 0.6 is 24.8 Å². The van der Waals surface area contributed by atoms with Crippen molar-refractivity contribution in [2.24, 2.45) is 5.73 Å². The molecule has 22 heavy (non-hydrogen) atoms. The summed E-state index contributed by atoms with van der Waals surface area (Å²) in [6, 6.07) is 8.64. The van der Waals surface area contributed by atoms with Crippen molar-refractivity contribution in [3.63, 3.8) is 0 Å². The highest BCUT2D eigenvalue weighted by Gasteiger charge is 2.21. The summed E-state index contributed by atoms with van der Waals surface area (Å²) >= 11 is 0. The van der Waals surface area contributed by atoms with Gasteiger partial charge in [-0.1, -0.05) is 25.0 Å². The molecule has 1 aromatic carbocycles. The van der Waals surface area contributed by atoms with Gasteiger partial charge >= 0.3 is 0 Å². The Hall–Kier alpha value is -0.970. The zero-order chi connectivity index (χ0) is 14.4. The Bertz CT molecular complexity index is 451. The largest absolute Gasteiger partial charge is 0.370 e. The summed E-state index contributed by atoms with van der Waals surface area (Å²) in [5.74, 6) is 0.0442.